The van der Waals surface area contributed by atoms with E-state index >= 15 is 0 Å². The molecule has 1 aliphatic carbocycles. The van der Waals surface area contributed by atoms with E-state index in [1.54, 1.807) is 0 Å². The van der Waals surface area contributed by atoms with Gasteiger partial charge in [0.2, 0.25) is 0 Å². The van der Waals surface area contributed by atoms with Crippen molar-refractivity contribution in [3.8, 4) is 0 Å². The Labute approximate surface area is 124 Å². The second-order valence-electron chi connectivity index (χ2n) is 7.41. The summed E-state index contributed by atoms with van der Waals surface area (Å²) in [6, 6.07) is 1.56. The summed E-state index contributed by atoms with van der Waals surface area (Å²) >= 11 is 2.07. The van der Waals surface area contributed by atoms with Crippen LogP contribution in [0.15, 0.2) is 0 Å². The quantitative estimate of drug-likeness (QED) is 0.855. The van der Waals surface area contributed by atoms with E-state index in [0.29, 0.717) is 0 Å². The summed E-state index contributed by atoms with van der Waals surface area (Å²) in [5.74, 6) is 0.752. The van der Waals surface area contributed by atoms with Gasteiger partial charge in [-0.25, -0.2) is 0 Å². The van der Waals surface area contributed by atoms with E-state index in [4.69, 9.17) is 0 Å². The largest absolute Gasteiger partial charge is 0.309 e. The van der Waals surface area contributed by atoms with Crippen LogP contribution in [-0.2, 0) is 0 Å². The third-order valence-corrected chi connectivity index (χ3v) is 6.15. The highest BCUT2D eigenvalue weighted by Gasteiger charge is 2.38. The molecule has 3 heteroatoms. The molecule has 1 aliphatic heterocycles. The highest BCUT2D eigenvalue weighted by molar-refractivity contribution is 7.99. The molecule has 1 atom stereocenters. The molecule has 2 rings (SSSR count). The van der Waals surface area contributed by atoms with Crippen molar-refractivity contribution in [1.82, 2.24) is 10.2 Å². The zero-order chi connectivity index (χ0) is 14.0. The lowest BCUT2D eigenvalue weighted by Gasteiger charge is -2.51. The molecule has 2 nitrogen and oxygen atoms in total. The van der Waals surface area contributed by atoms with Crippen LogP contribution in [0.4, 0.5) is 0 Å². The van der Waals surface area contributed by atoms with E-state index in [1.165, 1.54) is 32.2 Å². The highest BCUT2D eigenvalue weighted by Crippen LogP contribution is 2.33. The van der Waals surface area contributed by atoms with E-state index in [1.807, 2.05) is 0 Å². The molecule has 1 saturated heterocycles. The van der Waals surface area contributed by atoms with Gasteiger partial charge in [-0.05, 0) is 51.7 Å². The molecule has 0 aromatic heterocycles. The van der Waals surface area contributed by atoms with Crippen LogP contribution < -0.4 is 5.32 Å². The van der Waals surface area contributed by atoms with Crippen LogP contribution in [0.3, 0.4) is 0 Å². The van der Waals surface area contributed by atoms with Crippen LogP contribution in [0.25, 0.3) is 0 Å². The maximum Gasteiger partial charge on any atom is 0.0253 e. The van der Waals surface area contributed by atoms with Gasteiger partial charge < -0.3 is 5.32 Å². The minimum Gasteiger partial charge on any atom is -0.309 e. The second-order valence-corrected chi connectivity index (χ2v) is 8.55. The van der Waals surface area contributed by atoms with Gasteiger partial charge in [0.15, 0.2) is 0 Å². The molecule has 0 radical (unpaired) electrons. The van der Waals surface area contributed by atoms with Crippen LogP contribution in [0.2, 0.25) is 0 Å². The summed E-state index contributed by atoms with van der Waals surface area (Å²) in [7, 11) is 0. The van der Waals surface area contributed by atoms with E-state index in [-0.39, 0.29) is 5.54 Å². The lowest BCUT2D eigenvalue weighted by Crippen LogP contribution is -2.65. The van der Waals surface area contributed by atoms with Crippen LogP contribution in [0.5, 0.6) is 0 Å². The van der Waals surface area contributed by atoms with Crippen LogP contribution >= 0.6 is 11.8 Å². The van der Waals surface area contributed by atoms with Crippen molar-refractivity contribution in [3.63, 3.8) is 0 Å². The topological polar surface area (TPSA) is 15.3 Å². The molecule has 1 N–H and O–H groups in total. The molecule has 2 aliphatic rings. The van der Waals surface area contributed by atoms with Crippen molar-refractivity contribution < 1.29 is 0 Å². The first kappa shape index (κ1) is 15.7. The molecule has 112 valence electrons. The molecule has 1 heterocycles. The fourth-order valence-electron chi connectivity index (χ4n) is 3.76. The summed E-state index contributed by atoms with van der Waals surface area (Å²) in [6.07, 6.45) is 7.92. The fraction of sp³-hybridized carbons (Fsp3) is 1.00. The maximum absolute atomic E-state index is 3.73. The lowest BCUT2D eigenvalue weighted by molar-refractivity contribution is 0.0187. The molecular weight excluding hydrogens is 252 g/mol. The summed E-state index contributed by atoms with van der Waals surface area (Å²) in [5, 5.41) is 4.65. The van der Waals surface area contributed by atoms with Gasteiger partial charge in [0.05, 0.1) is 0 Å². The number of rotatable bonds is 3. The maximum atomic E-state index is 3.73. The van der Waals surface area contributed by atoms with Crippen molar-refractivity contribution in [2.75, 3.05) is 19.3 Å². The Morgan fingerprint density at radius 1 is 1.16 bits per heavy atom. The van der Waals surface area contributed by atoms with E-state index in [9.17, 15) is 0 Å². The van der Waals surface area contributed by atoms with Gasteiger partial charge in [-0.3, -0.25) is 4.90 Å². The Bertz CT molecular complexity index is 282. The number of piperazine rings is 1. The first-order chi connectivity index (χ1) is 8.93. The Hall–Kier alpha value is 0.270. The number of thioether (sulfide) groups is 1. The van der Waals surface area contributed by atoms with Crippen molar-refractivity contribution in [3.05, 3.63) is 0 Å². The normalized spacial score (nSPS) is 36.6. The number of hydrogen-bond acceptors (Lipinski definition) is 3. The zero-order valence-corrected chi connectivity index (χ0v) is 14.2. The molecule has 0 bridgehead atoms. The Morgan fingerprint density at radius 2 is 1.79 bits per heavy atom. The lowest BCUT2D eigenvalue weighted by atomic mass is 9.86. The number of nitrogens with one attached hydrogen (secondary N) is 1. The molecule has 0 spiro atoms. The van der Waals surface area contributed by atoms with Crippen molar-refractivity contribution >= 4 is 11.8 Å². The Balaban J connectivity index is 2.01. The van der Waals surface area contributed by atoms with Gasteiger partial charge in [0.1, 0.15) is 0 Å². The summed E-state index contributed by atoms with van der Waals surface area (Å²) in [4.78, 5) is 2.84. The molecule has 1 saturated carbocycles. The second kappa shape index (κ2) is 6.36. The molecule has 0 aromatic carbocycles. The van der Waals surface area contributed by atoms with Gasteiger partial charge in [-0.15, -0.1) is 0 Å². The van der Waals surface area contributed by atoms with E-state index in [0.717, 1.165) is 29.8 Å². The van der Waals surface area contributed by atoms with Gasteiger partial charge in [0, 0.05) is 36.0 Å². The molecule has 0 aromatic rings. The van der Waals surface area contributed by atoms with Crippen LogP contribution in [-0.4, -0.2) is 47.1 Å². The first-order valence-corrected chi connectivity index (χ1v) is 9.25. The predicted molar refractivity (Wildman–Crippen MR) is 87.0 cm³/mol. The van der Waals surface area contributed by atoms with Crippen molar-refractivity contribution in [1.29, 1.82) is 0 Å². The molecule has 0 amide bonds. The standard InChI is InChI=1S/C16H32N2S/c1-12(2)15-10-17-16(3,4)11-18(15)13-6-8-14(19-5)9-7-13/h12-15,17H,6-11H2,1-5H3. The first-order valence-electron chi connectivity index (χ1n) is 7.96. The monoisotopic (exact) mass is 284 g/mol. The summed E-state index contributed by atoms with van der Waals surface area (Å²) in [6.45, 7) is 11.8. The van der Waals surface area contributed by atoms with Gasteiger partial charge in [0.25, 0.3) is 0 Å². The van der Waals surface area contributed by atoms with Crippen molar-refractivity contribution in [2.24, 2.45) is 5.92 Å². The Morgan fingerprint density at radius 3 is 2.32 bits per heavy atom. The zero-order valence-electron chi connectivity index (χ0n) is 13.4. The third-order valence-electron chi connectivity index (χ3n) is 5.01. The van der Waals surface area contributed by atoms with Gasteiger partial charge >= 0.3 is 0 Å². The van der Waals surface area contributed by atoms with Crippen LogP contribution in [0.1, 0.15) is 53.4 Å². The smallest absolute Gasteiger partial charge is 0.0253 e. The average Bonchev–Trinajstić information content (AvgIpc) is 2.37. The SMILES string of the molecule is CSC1CCC(N2CC(C)(C)NCC2C(C)C)CC1. The summed E-state index contributed by atoms with van der Waals surface area (Å²) in [5.41, 5.74) is 0.280. The van der Waals surface area contributed by atoms with E-state index in [2.05, 4.69) is 55.9 Å². The van der Waals surface area contributed by atoms with Crippen LogP contribution in [0, 0.1) is 5.92 Å². The molecule has 2 fully saturated rings. The number of hydrogen-bond donors (Lipinski definition) is 1. The minimum atomic E-state index is 0.280. The van der Waals surface area contributed by atoms with E-state index < -0.39 is 0 Å². The Kier molecular flexibility index (Phi) is 5.24. The fourth-order valence-corrected chi connectivity index (χ4v) is 4.50. The molecular formula is C16H32N2S. The minimum absolute atomic E-state index is 0.280. The average molecular weight is 285 g/mol. The van der Waals surface area contributed by atoms with Gasteiger partial charge in [-0.1, -0.05) is 13.8 Å². The van der Waals surface area contributed by atoms with Crippen molar-refractivity contribution in [2.45, 2.75) is 76.3 Å². The highest BCUT2D eigenvalue weighted by atomic mass is 32.2. The summed E-state index contributed by atoms with van der Waals surface area (Å²) < 4.78 is 0. The predicted octanol–water partition coefficient (Wildman–Crippen LogP) is 3.37. The number of nitrogens with zero attached hydrogens (tertiary/aromatic N) is 1. The van der Waals surface area contributed by atoms with Gasteiger partial charge in [-0.2, -0.15) is 11.8 Å². The molecule has 1 unspecified atom stereocenters. The molecule has 19 heavy (non-hydrogen) atoms. The third kappa shape index (κ3) is 3.89.